The summed E-state index contributed by atoms with van der Waals surface area (Å²) in [6.07, 6.45) is 4.79. The molecule has 2 atom stereocenters. The molecule has 0 unspecified atom stereocenters. The molecule has 6 rings (SSSR count). The van der Waals surface area contributed by atoms with Gasteiger partial charge in [-0.25, -0.2) is 14.6 Å². The number of nitrogen functional groups attached to an aromatic ring is 1. The van der Waals surface area contributed by atoms with Crippen LogP contribution < -0.4 is 15.8 Å². The third-order valence-electron chi connectivity index (χ3n) is 7.46. The molecular weight excluding hydrogens is 468 g/mol. The molecule has 2 saturated carbocycles. The number of ether oxygens (including phenoxy) is 1. The highest BCUT2D eigenvalue weighted by molar-refractivity contribution is 6.00. The molecule has 9 heteroatoms. The summed E-state index contributed by atoms with van der Waals surface area (Å²) in [7, 11) is 1.58. The van der Waals surface area contributed by atoms with Gasteiger partial charge in [0.1, 0.15) is 29.4 Å². The first-order valence-corrected chi connectivity index (χ1v) is 12.6. The van der Waals surface area contributed by atoms with Crippen molar-refractivity contribution in [3.8, 4) is 17.0 Å². The number of hydrogen-bond acceptors (Lipinski definition) is 7. The van der Waals surface area contributed by atoms with Crippen LogP contribution in [0.2, 0.25) is 0 Å². The van der Waals surface area contributed by atoms with Crippen LogP contribution in [-0.4, -0.2) is 38.5 Å². The minimum atomic E-state index is -0.0502. The predicted octanol–water partition coefficient (Wildman–Crippen LogP) is 4.51. The number of nitrogens with two attached hydrogens (primary N) is 1. The Hall–Kier alpha value is -4.27. The predicted molar refractivity (Wildman–Crippen MR) is 140 cm³/mol. The van der Waals surface area contributed by atoms with Crippen molar-refractivity contribution in [1.29, 1.82) is 0 Å². The molecule has 188 valence electrons. The van der Waals surface area contributed by atoms with E-state index < -0.39 is 0 Å². The molecule has 0 radical (unpaired) electrons. The average Bonchev–Trinajstić information content (AvgIpc) is 3.64. The standard InChI is InChI=1S/C28H28N6O3/c1-37-23-13-17(7-12-22(23)32-28(36)21-14-20(21)16-5-3-2-4-6-16)25-24-26(29)30-15-31-27(24)34(33-25)18-8-10-19(35)11-9-18/h2-7,12-13,15,18,20-21H,8-11,14H2,1H3,(H,32,36)(H2,29,30,31)/t20-,21+/m1/s1. The molecule has 0 spiro atoms. The summed E-state index contributed by atoms with van der Waals surface area (Å²) in [5, 5.41) is 8.61. The van der Waals surface area contributed by atoms with Crippen molar-refractivity contribution in [3.63, 3.8) is 0 Å². The highest BCUT2D eigenvalue weighted by atomic mass is 16.5. The summed E-state index contributed by atoms with van der Waals surface area (Å²) in [6.45, 7) is 0. The Kier molecular flexibility index (Phi) is 5.82. The van der Waals surface area contributed by atoms with E-state index in [9.17, 15) is 9.59 Å². The van der Waals surface area contributed by atoms with Gasteiger partial charge in [0.25, 0.3) is 0 Å². The molecule has 37 heavy (non-hydrogen) atoms. The maximum absolute atomic E-state index is 13.0. The van der Waals surface area contributed by atoms with E-state index in [1.165, 1.54) is 11.9 Å². The number of rotatable bonds is 6. The molecule has 2 aliphatic carbocycles. The van der Waals surface area contributed by atoms with Gasteiger partial charge in [-0.1, -0.05) is 36.4 Å². The number of carbonyl (C=O) groups excluding carboxylic acids is 2. The summed E-state index contributed by atoms with van der Waals surface area (Å²) in [4.78, 5) is 33.4. The zero-order valence-corrected chi connectivity index (χ0v) is 20.6. The highest BCUT2D eigenvalue weighted by Gasteiger charge is 2.44. The number of amides is 1. The molecule has 2 aromatic heterocycles. The van der Waals surface area contributed by atoms with Crippen LogP contribution in [0.5, 0.6) is 5.75 Å². The summed E-state index contributed by atoms with van der Waals surface area (Å²) in [5.74, 6) is 1.34. The minimum Gasteiger partial charge on any atom is -0.495 e. The van der Waals surface area contributed by atoms with Gasteiger partial charge in [0.2, 0.25) is 5.91 Å². The fraction of sp³-hybridized carbons (Fsp3) is 0.321. The number of hydrogen-bond donors (Lipinski definition) is 2. The number of carbonyl (C=O) groups is 2. The number of anilines is 2. The molecule has 2 aromatic carbocycles. The molecule has 2 heterocycles. The first-order chi connectivity index (χ1) is 18.0. The Bertz CT molecular complexity index is 1490. The van der Waals surface area contributed by atoms with E-state index in [0.29, 0.717) is 46.8 Å². The Morgan fingerprint density at radius 2 is 1.89 bits per heavy atom. The lowest BCUT2D eigenvalue weighted by Gasteiger charge is -2.21. The molecule has 0 aliphatic heterocycles. The number of aromatic nitrogens is 4. The number of Topliss-reactive ketones (excluding diaryl/α,β-unsaturated/α-hetero) is 1. The van der Waals surface area contributed by atoms with Gasteiger partial charge < -0.3 is 15.8 Å². The third-order valence-corrected chi connectivity index (χ3v) is 7.46. The number of nitrogens with one attached hydrogen (secondary N) is 1. The van der Waals surface area contributed by atoms with E-state index in [-0.39, 0.29) is 29.6 Å². The van der Waals surface area contributed by atoms with Crippen molar-refractivity contribution in [2.45, 2.75) is 44.1 Å². The fourth-order valence-electron chi connectivity index (χ4n) is 5.34. The monoisotopic (exact) mass is 496 g/mol. The summed E-state index contributed by atoms with van der Waals surface area (Å²) >= 11 is 0. The van der Waals surface area contributed by atoms with Crippen LogP contribution in [-0.2, 0) is 9.59 Å². The maximum atomic E-state index is 13.0. The molecule has 4 aromatic rings. The summed E-state index contributed by atoms with van der Waals surface area (Å²) < 4.78 is 7.53. The number of benzene rings is 2. The third kappa shape index (κ3) is 4.30. The lowest BCUT2D eigenvalue weighted by molar-refractivity contribution is -0.121. The van der Waals surface area contributed by atoms with Gasteiger partial charge in [-0.15, -0.1) is 0 Å². The largest absolute Gasteiger partial charge is 0.495 e. The summed E-state index contributed by atoms with van der Waals surface area (Å²) in [5.41, 5.74) is 10.2. The van der Waals surface area contributed by atoms with Crippen LogP contribution in [0.25, 0.3) is 22.3 Å². The van der Waals surface area contributed by atoms with Gasteiger partial charge in [-0.3, -0.25) is 9.59 Å². The van der Waals surface area contributed by atoms with Crippen LogP contribution in [0, 0.1) is 5.92 Å². The number of nitrogens with zero attached hydrogens (tertiary/aromatic N) is 4. The second kappa shape index (κ2) is 9.31. The van der Waals surface area contributed by atoms with Gasteiger partial charge >= 0.3 is 0 Å². The number of fused-ring (bicyclic) bond motifs is 1. The lowest BCUT2D eigenvalue weighted by Crippen LogP contribution is -2.19. The van der Waals surface area contributed by atoms with E-state index in [4.69, 9.17) is 15.6 Å². The second-order valence-electron chi connectivity index (χ2n) is 9.78. The lowest BCUT2D eigenvalue weighted by atomic mass is 9.94. The van der Waals surface area contributed by atoms with Gasteiger partial charge in [0, 0.05) is 24.3 Å². The molecule has 0 saturated heterocycles. The Labute approximate surface area is 214 Å². The zero-order chi connectivity index (χ0) is 25.5. The first kappa shape index (κ1) is 23.1. The SMILES string of the molecule is COc1cc(-c2nn(C3CCC(=O)CC3)c3ncnc(N)c23)ccc1NC(=O)[C@H]1C[C@@H]1c1ccccc1. The first-order valence-electron chi connectivity index (χ1n) is 12.6. The van der Waals surface area contributed by atoms with Crippen molar-refractivity contribution >= 4 is 34.2 Å². The molecule has 0 bridgehead atoms. The van der Waals surface area contributed by atoms with Crippen molar-refractivity contribution in [2.24, 2.45) is 5.92 Å². The number of ketones is 1. The van der Waals surface area contributed by atoms with Crippen LogP contribution in [0.1, 0.15) is 49.6 Å². The van der Waals surface area contributed by atoms with E-state index in [1.807, 2.05) is 41.1 Å². The van der Waals surface area contributed by atoms with Crippen LogP contribution in [0.3, 0.4) is 0 Å². The molecule has 2 aliphatic rings. The van der Waals surface area contributed by atoms with Crippen LogP contribution in [0.15, 0.2) is 54.9 Å². The Morgan fingerprint density at radius 1 is 1.11 bits per heavy atom. The van der Waals surface area contributed by atoms with E-state index in [0.717, 1.165) is 24.8 Å². The smallest absolute Gasteiger partial charge is 0.228 e. The Morgan fingerprint density at radius 3 is 2.65 bits per heavy atom. The molecule has 2 fully saturated rings. The second-order valence-corrected chi connectivity index (χ2v) is 9.78. The van der Waals surface area contributed by atoms with Crippen molar-refractivity contribution in [3.05, 3.63) is 60.4 Å². The van der Waals surface area contributed by atoms with E-state index in [2.05, 4.69) is 27.4 Å². The average molecular weight is 497 g/mol. The van der Waals surface area contributed by atoms with Gasteiger partial charge in [0.05, 0.1) is 24.2 Å². The van der Waals surface area contributed by atoms with E-state index in [1.54, 1.807) is 7.11 Å². The van der Waals surface area contributed by atoms with E-state index >= 15 is 0 Å². The van der Waals surface area contributed by atoms with Gasteiger partial charge in [-0.2, -0.15) is 5.10 Å². The van der Waals surface area contributed by atoms with Crippen molar-refractivity contribution in [1.82, 2.24) is 19.7 Å². The van der Waals surface area contributed by atoms with Gasteiger partial charge in [-0.05, 0) is 42.9 Å². The Balaban J connectivity index is 1.29. The molecular formula is C28H28N6O3. The van der Waals surface area contributed by atoms with Crippen LogP contribution in [0.4, 0.5) is 11.5 Å². The van der Waals surface area contributed by atoms with Crippen LogP contribution >= 0.6 is 0 Å². The molecule has 9 nitrogen and oxygen atoms in total. The summed E-state index contributed by atoms with van der Waals surface area (Å²) in [6, 6.07) is 15.8. The zero-order valence-electron chi connectivity index (χ0n) is 20.6. The maximum Gasteiger partial charge on any atom is 0.228 e. The topological polar surface area (TPSA) is 125 Å². The molecule has 3 N–H and O–H groups in total. The van der Waals surface area contributed by atoms with Crippen molar-refractivity contribution in [2.75, 3.05) is 18.2 Å². The minimum absolute atomic E-state index is 0.0147. The number of methoxy groups -OCH3 is 1. The van der Waals surface area contributed by atoms with Crippen molar-refractivity contribution < 1.29 is 14.3 Å². The quantitative estimate of drug-likeness (QED) is 0.402. The fourth-order valence-corrected chi connectivity index (χ4v) is 5.34. The highest BCUT2D eigenvalue weighted by Crippen LogP contribution is 2.48. The normalized spacial score (nSPS) is 19.6. The molecule has 1 amide bonds. The van der Waals surface area contributed by atoms with Gasteiger partial charge in [0.15, 0.2) is 5.65 Å².